The molecule has 0 fully saturated rings. The molecule has 3 aromatic rings. The SMILES string of the molecule is CC.CC.CC.CC(C)Cc1[c-]cccc1.CC(C)Cc1c[c-]ccc1.CC(C)Cc1cc[c-]cc1.C[CH-]C.C[CH-]C.C[CH-]C.[Y].[Y].[Y]. The largest absolute Gasteiger partial charge is 0.335 e. The summed E-state index contributed by atoms with van der Waals surface area (Å²) in [5, 5.41) is 0. The third kappa shape index (κ3) is 72.6. The maximum atomic E-state index is 3.20. The van der Waals surface area contributed by atoms with E-state index < -0.39 is 0 Å². The molecule has 0 atom stereocenters. The molecule has 0 aromatic heterocycles. The molecule has 3 radical (unpaired) electrons. The summed E-state index contributed by atoms with van der Waals surface area (Å²) in [5.74, 6) is 2.23. The normalized spacial score (nSPS) is 7.94. The Labute approximate surface area is 382 Å². The van der Waals surface area contributed by atoms with Crippen LogP contribution in [0, 0.1) is 55.2 Å². The first-order valence-electron chi connectivity index (χ1n) is 17.7. The third-order valence-corrected chi connectivity index (χ3v) is 4.25. The minimum atomic E-state index is 0. The van der Waals surface area contributed by atoms with Gasteiger partial charge in [-0.2, -0.15) is 149 Å². The summed E-state index contributed by atoms with van der Waals surface area (Å²) in [6, 6.07) is 33.8. The Bertz CT molecular complexity index is 688. The number of hydrogen-bond acceptors (Lipinski definition) is 0. The van der Waals surface area contributed by atoms with Gasteiger partial charge < -0.3 is 19.3 Å². The molecule has 273 valence electrons. The van der Waals surface area contributed by atoms with Crippen molar-refractivity contribution in [2.45, 2.75) is 144 Å². The van der Waals surface area contributed by atoms with Gasteiger partial charge in [0.2, 0.25) is 0 Å². The maximum absolute atomic E-state index is 3.20. The van der Waals surface area contributed by atoms with Crippen LogP contribution in [0.2, 0.25) is 0 Å². The number of hydrogen-bond donors (Lipinski definition) is 0. The van der Waals surface area contributed by atoms with E-state index in [-0.39, 0.29) is 98.1 Å². The van der Waals surface area contributed by atoms with Crippen LogP contribution >= 0.6 is 0 Å². The van der Waals surface area contributed by atoms with Crippen molar-refractivity contribution >= 4 is 0 Å². The molecule has 0 aliphatic heterocycles. The second-order valence-corrected chi connectivity index (χ2v) is 10.7. The second kappa shape index (κ2) is 66.2. The van der Waals surface area contributed by atoms with Crippen molar-refractivity contribution in [3.63, 3.8) is 0 Å². The Morgan fingerprint density at radius 1 is 0.458 bits per heavy atom. The van der Waals surface area contributed by atoms with Crippen molar-refractivity contribution in [1.82, 2.24) is 0 Å². The van der Waals surface area contributed by atoms with Gasteiger partial charge in [0.05, 0.1) is 0 Å². The minimum Gasteiger partial charge on any atom is -0.335 e. The molecule has 0 saturated heterocycles. The Morgan fingerprint density at radius 2 is 0.854 bits per heavy atom. The molecule has 3 rings (SSSR count). The van der Waals surface area contributed by atoms with E-state index in [9.17, 15) is 0 Å². The van der Waals surface area contributed by atoms with Gasteiger partial charge in [0, 0.05) is 98.1 Å². The molecule has 48 heavy (non-hydrogen) atoms. The first-order chi connectivity index (χ1) is 21.6. The van der Waals surface area contributed by atoms with Crippen molar-refractivity contribution in [3.05, 3.63) is 127 Å². The van der Waals surface area contributed by atoms with Gasteiger partial charge in [-0.05, 0) is 24.7 Å². The Hall–Kier alpha value is 0.972. The molecule has 0 heterocycles. The first kappa shape index (κ1) is 70.5. The van der Waals surface area contributed by atoms with Crippen LogP contribution in [-0.2, 0) is 117 Å². The van der Waals surface area contributed by atoms with E-state index in [4.69, 9.17) is 0 Å². The summed E-state index contributed by atoms with van der Waals surface area (Å²) >= 11 is 0. The van der Waals surface area contributed by atoms with Gasteiger partial charge in [-0.15, -0.1) is 0 Å². The van der Waals surface area contributed by atoms with E-state index in [2.05, 4.69) is 96.1 Å². The van der Waals surface area contributed by atoms with Crippen LogP contribution in [0.1, 0.15) is 141 Å². The fourth-order valence-electron chi connectivity index (χ4n) is 3.06. The first-order valence-corrected chi connectivity index (χ1v) is 17.7. The minimum absolute atomic E-state index is 0. The zero-order chi connectivity index (χ0) is 36.3. The fraction of sp³-hybridized carbons (Fsp3) is 0.533. The molecule has 0 amide bonds. The van der Waals surface area contributed by atoms with Crippen molar-refractivity contribution < 1.29 is 98.1 Å². The maximum Gasteiger partial charge on any atom is 0 e. The molecule has 0 aliphatic rings. The molecule has 0 N–H and O–H groups in total. The van der Waals surface area contributed by atoms with Gasteiger partial charge >= 0.3 is 0 Å². The Balaban J connectivity index is -0.0000000550. The molecule has 0 unspecified atom stereocenters. The van der Waals surface area contributed by atoms with Crippen LogP contribution in [0.3, 0.4) is 0 Å². The van der Waals surface area contributed by atoms with Gasteiger partial charge in [0.1, 0.15) is 0 Å². The van der Waals surface area contributed by atoms with Crippen LogP contribution in [0.5, 0.6) is 0 Å². The van der Waals surface area contributed by atoms with E-state index in [1.165, 1.54) is 23.1 Å². The van der Waals surface area contributed by atoms with E-state index in [1.807, 2.05) is 139 Å². The molecule has 0 spiro atoms. The summed E-state index contributed by atoms with van der Waals surface area (Å²) < 4.78 is 0. The van der Waals surface area contributed by atoms with Gasteiger partial charge in [-0.3, -0.25) is 0 Å². The number of rotatable bonds is 6. The van der Waals surface area contributed by atoms with Crippen LogP contribution < -0.4 is 0 Å². The molecular weight excluding hydrogens is 807 g/mol. The topological polar surface area (TPSA) is 0 Å². The van der Waals surface area contributed by atoms with Gasteiger partial charge in [0.15, 0.2) is 0 Å². The third-order valence-electron chi connectivity index (χ3n) is 4.25. The van der Waals surface area contributed by atoms with E-state index in [1.54, 1.807) is 0 Å². The average Bonchev–Trinajstić information content (AvgIpc) is 3.03. The smallest absolute Gasteiger partial charge is 0 e. The summed E-state index contributed by atoms with van der Waals surface area (Å²) in [5.41, 5.74) is 4.11. The van der Waals surface area contributed by atoms with Crippen molar-refractivity contribution in [2.75, 3.05) is 0 Å². The monoisotopic (exact) mass is 885 g/mol. The fourth-order valence-corrected chi connectivity index (χ4v) is 3.06. The van der Waals surface area contributed by atoms with E-state index in [0.717, 1.165) is 30.6 Å². The molecule has 0 saturated carbocycles. The zero-order valence-electron chi connectivity index (χ0n) is 35.2. The number of benzene rings is 3. The van der Waals surface area contributed by atoms with Crippen LogP contribution in [0.25, 0.3) is 0 Å². The summed E-state index contributed by atoms with van der Waals surface area (Å²) in [6.07, 6.45) is 9.48. The molecule has 0 nitrogen and oxygen atoms in total. The zero-order valence-corrected chi connectivity index (χ0v) is 43.8. The van der Waals surface area contributed by atoms with Crippen LogP contribution in [-0.4, -0.2) is 0 Å². The van der Waals surface area contributed by atoms with Crippen LogP contribution in [0.4, 0.5) is 0 Å². The Morgan fingerprint density at radius 3 is 1.17 bits per heavy atom. The summed E-state index contributed by atoms with van der Waals surface area (Å²) in [4.78, 5) is 0. The summed E-state index contributed by atoms with van der Waals surface area (Å²) in [7, 11) is 0. The van der Waals surface area contributed by atoms with Crippen LogP contribution in [0.15, 0.2) is 72.8 Å². The van der Waals surface area contributed by atoms with Gasteiger partial charge in [-0.1, -0.05) is 95.4 Å². The van der Waals surface area contributed by atoms with Gasteiger partial charge in [0.25, 0.3) is 0 Å². The van der Waals surface area contributed by atoms with Crippen molar-refractivity contribution in [3.8, 4) is 0 Å². The molecule has 3 aromatic carbocycles. The van der Waals surface area contributed by atoms with Gasteiger partial charge in [-0.25, -0.2) is 0 Å². The molecule has 3 heteroatoms. The predicted octanol–water partition coefficient (Wildman–Crippen LogP) is 14.8. The second-order valence-electron chi connectivity index (χ2n) is 10.7. The van der Waals surface area contributed by atoms with Crippen molar-refractivity contribution in [2.24, 2.45) is 17.8 Å². The standard InChI is InChI=1S/3C10H13.3C3H7.3C2H6.3Y/c3*1-9(2)8-10-6-4-3-5-7-10;3*1-3-2;3*1-2;;;/h4-7,9H,8H2,1-2H3;3-4,6-7,9H,8H2,1-2H3;3-6,9H,8H2,1-2H3;3*3H,1-2H3;3*1-2H3;;;/q6*-1;;;;;;. The van der Waals surface area contributed by atoms with Crippen molar-refractivity contribution in [1.29, 1.82) is 0 Å². The average molecular weight is 886 g/mol. The predicted molar refractivity (Wildman–Crippen MR) is 212 cm³/mol. The molecule has 0 bridgehead atoms. The summed E-state index contributed by atoms with van der Waals surface area (Å²) in [6.45, 7) is 37.4. The quantitative estimate of drug-likeness (QED) is 0.216. The Kier molecular flexibility index (Phi) is 97.3. The molecule has 0 aliphatic carbocycles. The molecular formula is C45H78Y3-6. The van der Waals surface area contributed by atoms with E-state index in [0.29, 0.717) is 0 Å². The van der Waals surface area contributed by atoms with E-state index >= 15 is 0 Å².